The zero-order valence-electron chi connectivity index (χ0n) is 9.14. The average Bonchev–Trinajstić information content (AvgIpc) is 2.65. The third-order valence-electron chi connectivity index (χ3n) is 2.38. The second kappa shape index (κ2) is 4.57. The number of nitrogens with two attached hydrogens (primary N) is 1. The lowest BCUT2D eigenvalue weighted by Crippen LogP contribution is -2.31. The van der Waals surface area contributed by atoms with Gasteiger partial charge in [0.15, 0.2) is 0 Å². The fourth-order valence-electron chi connectivity index (χ4n) is 1.59. The Morgan fingerprint density at radius 3 is 2.65 bits per heavy atom. The van der Waals surface area contributed by atoms with Crippen molar-refractivity contribution in [3.8, 4) is 11.3 Å². The van der Waals surface area contributed by atoms with Gasteiger partial charge in [-0.25, -0.2) is 5.84 Å². The molecule has 2 rings (SSSR count). The second-order valence-electron chi connectivity index (χ2n) is 3.47. The monoisotopic (exact) mass is 250 g/mol. The zero-order chi connectivity index (χ0) is 12.4. The summed E-state index contributed by atoms with van der Waals surface area (Å²) < 4.78 is 1.41. The molecule has 0 unspecified atom stereocenters. The summed E-state index contributed by atoms with van der Waals surface area (Å²) in [5, 5.41) is 4.51. The summed E-state index contributed by atoms with van der Waals surface area (Å²) in [6.07, 6.45) is 0. The van der Waals surface area contributed by atoms with Crippen molar-refractivity contribution in [3.63, 3.8) is 0 Å². The highest BCUT2D eigenvalue weighted by molar-refractivity contribution is 6.36. The molecule has 0 saturated carbocycles. The van der Waals surface area contributed by atoms with Gasteiger partial charge in [0.25, 0.3) is 5.91 Å². The van der Waals surface area contributed by atoms with E-state index >= 15 is 0 Å². The van der Waals surface area contributed by atoms with Crippen molar-refractivity contribution in [1.82, 2.24) is 15.2 Å². The summed E-state index contributed by atoms with van der Waals surface area (Å²) in [6.45, 7) is 0. The maximum Gasteiger partial charge on any atom is 0.284 e. The molecule has 3 N–H and O–H groups in total. The number of nitrogen functional groups attached to an aromatic ring is 1. The standard InChI is InChI=1S/C11H11ClN4O/c1-16-10(11(17)14-13)8(12)9(15-16)7-5-3-2-4-6-7/h2-6H,13H2,1H3,(H,14,17). The van der Waals surface area contributed by atoms with E-state index in [1.54, 1.807) is 7.05 Å². The highest BCUT2D eigenvalue weighted by Crippen LogP contribution is 2.29. The van der Waals surface area contributed by atoms with Gasteiger partial charge in [-0.3, -0.25) is 14.9 Å². The first kappa shape index (κ1) is 11.6. The maximum atomic E-state index is 11.5. The molecule has 6 heteroatoms. The normalized spacial score (nSPS) is 10.3. The molecular formula is C11H11ClN4O. The summed E-state index contributed by atoms with van der Waals surface area (Å²) in [5.74, 6) is 4.62. The molecule has 0 fully saturated rings. The minimum absolute atomic E-state index is 0.244. The number of benzene rings is 1. The number of rotatable bonds is 2. The number of halogens is 1. The van der Waals surface area contributed by atoms with Crippen LogP contribution in [0.4, 0.5) is 0 Å². The Kier molecular flexibility index (Phi) is 3.12. The largest absolute Gasteiger partial charge is 0.289 e. The molecule has 0 aliphatic heterocycles. The van der Waals surface area contributed by atoms with Crippen LogP contribution in [-0.2, 0) is 7.05 Å². The fraction of sp³-hybridized carbons (Fsp3) is 0.0909. The summed E-state index contributed by atoms with van der Waals surface area (Å²) in [6, 6.07) is 9.40. The van der Waals surface area contributed by atoms with Gasteiger partial charge in [0.05, 0.1) is 5.02 Å². The number of hydrogen-bond donors (Lipinski definition) is 2. The molecule has 88 valence electrons. The van der Waals surface area contributed by atoms with Gasteiger partial charge < -0.3 is 0 Å². The Bertz CT molecular complexity index is 550. The molecule has 5 nitrogen and oxygen atoms in total. The van der Waals surface area contributed by atoms with Crippen molar-refractivity contribution < 1.29 is 4.79 Å². The van der Waals surface area contributed by atoms with Crippen LogP contribution in [0.15, 0.2) is 30.3 Å². The van der Waals surface area contributed by atoms with Crippen LogP contribution in [0.2, 0.25) is 5.02 Å². The Labute approximate surface area is 103 Å². The van der Waals surface area contributed by atoms with E-state index in [0.29, 0.717) is 10.7 Å². The van der Waals surface area contributed by atoms with Crippen LogP contribution in [0.1, 0.15) is 10.5 Å². The van der Waals surface area contributed by atoms with E-state index in [1.165, 1.54) is 4.68 Å². The van der Waals surface area contributed by atoms with E-state index in [0.717, 1.165) is 5.56 Å². The number of aromatic nitrogens is 2. The van der Waals surface area contributed by atoms with Gasteiger partial charge in [-0.05, 0) is 0 Å². The SMILES string of the molecule is Cn1nc(-c2ccccc2)c(Cl)c1C(=O)NN. The molecule has 1 aromatic heterocycles. The van der Waals surface area contributed by atoms with Gasteiger partial charge in [0, 0.05) is 12.6 Å². The molecule has 0 atom stereocenters. The Hall–Kier alpha value is -1.85. The van der Waals surface area contributed by atoms with Crippen molar-refractivity contribution >= 4 is 17.5 Å². The molecule has 0 bridgehead atoms. The number of nitrogens with zero attached hydrogens (tertiary/aromatic N) is 2. The van der Waals surface area contributed by atoms with Gasteiger partial charge in [-0.15, -0.1) is 0 Å². The number of carbonyl (C=O) groups is 1. The van der Waals surface area contributed by atoms with Crippen molar-refractivity contribution in [2.45, 2.75) is 0 Å². The Morgan fingerprint density at radius 2 is 2.06 bits per heavy atom. The van der Waals surface area contributed by atoms with Gasteiger partial charge in [-0.1, -0.05) is 41.9 Å². The molecule has 0 aliphatic carbocycles. The van der Waals surface area contributed by atoms with Crippen molar-refractivity contribution in [3.05, 3.63) is 41.0 Å². The first-order chi connectivity index (χ1) is 8.15. The lowest BCUT2D eigenvalue weighted by molar-refractivity contribution is 0.0944. The smallest absolute Gasteiger partial charge is 0.284 e. The van der Waals surface area contributed by atoms with Crippen LogP contribution in [0, 0.1) is 0 Å². The average molecular weight is 251 g/mol. The third kappa shape index (κ3) is 2.02. The number of aryl methyl sites for hydroxylation is 1. The van der Waals surface area contributed by atoms with Gasteiger partial charge in [0.1, 0.15) is 11.4 Å². The molecule has 0 aliphatic rings. The van der Waals surface area contributed by atoms with E-state index in [2.05, 4.69) is 5.10 Å². The van der Waals surface area contributed by atoms with Crippen LogP contribution >= 0.6 is 11.6 Å². The topological polar surface area (TPSA) is 72.9 Å². The molecule has 0 spiro atoms. The first-order valence-electron chi connectivity index (χ1n) is 4.94. The van der Waals surface area contributed by atoms with E-state index in [1.807, 2.05) is 35.8 Å². The predicted molar refractivity (Wildman–Crippen MR) is 65.3 cm³/mol. The minimum atomic E-state index is -0.466. The number of nitrogens with one attached hydrogen (secondary N) is 1. The summed E-state index contributed by atoms with van der Waals surface area (Å²) in [7, 11) is 1.64. The number of amides is 1. The summed E-state index contributed by atoms with van der Waals surface area (Å²) in [4.78, 5) is 11.5. The first-order valence-corrected chi connectivity index (χ1v) is 5.31. The molecule has 17 heavy (non-hydrogen) atoms. The van der Waals surface area contributed by atoms with E-state index in [-0.39, 0.29) is 5.69 Å². The van der Waals surface area contributed by atoms with Crippen molar-refractivity contribution in [2.75, 3.05) is 0 Å². The highest BCUT2D eigenvalue weighted by atomic mass is 35.5. The van der Waals surface area contributed by atoms with Crippen LogP contribution in [0.5, 0.6) is 0 Å². The fourth-order valence-corrected chi connectivity index (χ4v) is 1.95. The molecule has 0 saturated heterocycles. The van der Waals surface area contributed by atoms with Gasteiger partial charge >= 0.3 is 0 Å². The lowest BCUT2D eigenvalue weighted by Gasteiger charge is -1.99. The number of hydrazine groups is 1. The molecule has 1 heterocycles. The van der Waals surface area contributed by atoms with Gasteiger partial charge in [-0.2, -0.15) is 5.10 Å². The highest BCUT2D eigenvalue weighted by Gasteiger charge is 2.20. The van der Waals surface area contributed by atoms with Crippen molar-refractivity contribution in [1.29, 1.82) is 0 Å². The van der Waals surface area contributed by atoms with E-state index in [4.69, 9.17) is 17.4 Å². The van der Waals surface area contributed by atoms with Crippen LogP contribution in [0.25, 0.3) is 11.3 Å². The van der Waals surface area contributed by atoms with Crippen LogP contribution < -0.4 is 11.3 Å². The number of hydrogen-bond acceptors (Lipinski definition) is 3. The zero-order valence-corrected chi connectivity index (χ0v) is 9.90. The van der Waals surface area contributed by atoms with Crippen LogP contribution in [-0.4, -0.2) is 15.7 Å². The quantitative estimate of drug-likeness (QED) is 0.480. The number of carbonyl (C=O) groups excluding carboxylic acids is 1. The summed E-state index contributed by atoms with van der Waals surface area (Å²) >= 11 is 6.14. The van der Waals surface area contributed by atoms with E-state index in [9.17, 15) is 4.79 Å². The lowest BCUT2D eigenvalue weighted by atomic mass is 10.1. The minimum Gasteiger partial charge on any atom is -0.289 e. The van der Waals surface area contributed by atoms with Gasteiger partial charge in [0.2, 0.25) is 0 Å². The third-order valence-corrected chi connectivity index (χ3v) is 2.74. The van der Waals surface area contributed by atoms with Crippen molar-refractivity contribution in [2.24, 2.45) is 12.9 Å². The molecule has 1 aromatic carbocycles. The maximum absolute atomic E-state index is 11.5. The predicted octanol–water partition coefficient (Wildman–Crippen LogP) is 1.34. The van der Waals surface area contributed by atoms with Crippen LogP contribution in [0.3, 0.4) is 0 Å². The second-order valence-corrected chi connectivity index (χ2v) is 3.85. The molecule has 2 aromatic rings. The summed E-state index contributed by atoms with van der Waals surface area (Å²) in [5.41, 5.74) is 3.70. The molecule has 0 radical (unpaired) electrons. The molecular weight excluding hydrogens is 240 g/mol. The Balaban J connectivity index is 2.56. The molecule has 1 amide bonds. The van der Waals surface area contributed by atoms with E-state index < -0.39 is 5.91 Å². The Morgan fingerprint density at radius 1 is 1.41 bits per heavy atom.